The summed E-state index contributed by atoms with van der Waals surface area (Å²) in [6.45, 7) is 6.18. The molecule has 1 fully saturated rings. The summed E-state index contributed by atoms with van der Waals surface area (Å²) in [6, 6.07) is 0.650. The minimum absolute atomic E-state index is 0.572. The van der Waals surface area contributed by atoms with Crippen molar-refractivity contribution in [3.63, 3.8) is 0 Å². The molecule has 0 heterocycles. The van der Waals surface area contributed by atoms with Gasteiger partial charge in [0.05, 0.1) is 0 Å². The van der Waals surface area contributed by atoms with Crippen LogP contribution >= 0.6 is 0 Å². The lowest BCUT2D eigenvalue weighted by molar-refractivity contribution is 0.195. The molecule has 1 N–H and O–H groups in total. The molecule has 13 heavy (non-hydrogen) atoms. The maximum absolute atomic E-state index is 3.85. The largest absolute Gasteiger partial charge is 0.316 e. The third-order valence-electron chi connectivity index (χ3n) is 3.79. The Morgan fingerprint density at radius 2 is 2.08 bits per heavy atom. The summed E-state index contributed by atoms with van der Waals surface area (Å²) in [5.41, 5.74) is 0.572. The zero-order valence-electron chi connectivity index (χ0n) is 9.10. The average molecular weight is 181 g/mol. The number of nitrogens with one attached hydrogen (secondary N) is 1. The fraction of sp³-hybridized carbons (Fsp3) is 0.833. The van der Waals surface area contributed by atoms with Gasteiger partial charge in [0.25, 0.3) is 0 Å². The fourth-order valence-electron chi connectivity index (χ4n) is 2.87. The van der Waals surface area contributed by atoms with Gasteiger partial charge in [-0.15, -0.1) is 6.58 Å². The molecular formula is C12H23N. The van der Waals surface area contributed by atoms with Crippen LogP contribution in [-0.2, 0) is 0 Å². The molecule has 1 atom stereocenters. The molecule has 1 saturated carbocycles. The van der Waals surface area contributed by atoms with Crippen molar-refractivity contribution in [3.05, 3.63) is 12.7 Å². The zero-order valence-corrected chi connectivity index (χ0v) is 9.10. The normalized spacial score (nSPS) is 22.9. The molecule has 0 amide bonds. The van der Waals surface area contributed by atoms with Crippen LogP contribution in [0.2, 0.25) is 0 Å². The van der Waals surface area contributed by atoms with Crippen LogP contribution in [0.1, 0.15) is 45.4 Å². The van der Waals surface area contributed by atoms with Crippen molar-refractivity contribution in [2.75, 3.05) is 7.05 Å². The van der Waals surface area contributed by atoms with Gasteiger partial charge in [-0.3, -0.25) is 0 Å². The Hall–Kier alpha value is -0.300. The van der Waals surface area contributed by atoms with Crippen molar-refractivity contribution in [2.24, 2.45) is 5.41 Å². The van der Waals surface area contributed by atoms with Gasteiger partial charge in [-0.05, 0) is 38.1 Å². The molecule has 0 radical (unpaired) electrons. The minimum atomic E-state index is 0.572. The van der Waals surface area contributed by atoms with Gasteiger partial charge in [-0.2, -0.15) is 0 Å². The molecular weight excluding hydrogens is 158 g/mol. The molecule has 1 rings (SSSR count). The summed E-state index contributed by atoms with van der Waals surface area (Å²) in [5.74, 6) is 0. The van der Waals surface area contributed by atoms with Crippen LogP contribution in [0.15, 0.2) is 12.7 Å². The van der Waals surface area contributed by atoms with Crippen molar-refractivity contribution >= 4 is 0 Å². The van der Waals surface area contributed by atoms with E-state index in [1.807, 2.05) is 0 Å². The highest BCUT2D eigenvalue weighted by atomic mass is 14.9. The first-order valence-electron chi connectivity index (χ1n) is 5.57. The van der Waals surface area contributed by atoms with E-state index in [4.69, 9.17) is 0 Å². The fourth-order valence-corrected chi connectivity index (χ4v) is 2.87. The Balaban J connectivity index is 2.65. The molecule has 0 spiro atoms. The molecule has 1 aliphatic carbocycles. The van der Waals surface area contributed by atoms with E-state index in [1.54, 1.807) is 0 Å². The van der Waals surface area contributed by atoms with Crippen molar-refractivity contribution in [1.29, 1.82) is 0 Å². The molecule has 0 aromatic rings. The van der Waals surface area contributed by atoms with E-state index in [1.165, 1.54) is 32.1 Å². The number of hydrogen-bond donors (Lipinski definition) is 1. The van der Waals surface area contributed by atoms with E-state index in [-0.39, 0.29) is 0 Å². The monoisotopic (exact) mass is 181 g/mol. The smallest absolute Gasteiger partial charge is 0.0155 e. The van der Waals surface area contributed by atoms with Crippen LogP contribution in [-0.4, -0.2) is 13.1 Å². The van der Waals surface area contributed by atoms with Crippen LogP contribution in [0.25, 0.3) is 0 Å². The van der Waals surface area contributed by atoms with Crippen LogP contribution in [0, 0.1) is 5.41 Å². The van der Waals surface area contributed by atoms with Crippen LogP contribution in [0.4, 0.5) is 0 Å². The van der Waals surface area contributed by atoms with Crippen LogP contribution in [0.5, 0.6) is 0 Å². The quantitative estimate of drug-likeness (QED) is 0.643. The molecule has 76 valence electrons. The Bertz CT molecular complexity index is 157. The highest BCUT2D eigenvalue weighted by Crippen LogP contribution is 2.44. The molecule has 1 heteroatoms. The first kappa shape index (κ1) is 10.8. The SMILES string of the molecule is C=CCC(NC)C1(CC)CCCC1. The van der Waals surface area contributed by atoms with Gasteiger partial charge in [0.1, 0.15) is 0 Å². The summed E-state index contributed by atoms with van der Waals surface area (Å²) >= 11 is 0. The number of hydrogen-bond acceptors (Lipinski definition) is 1. The van der Waals surface area contributed by atoms with E-state index < -0.39 is 0 Å². The van der Waals surface area contributed by atoms with E-state index in [0.29, 0.717) is 11.5 Å². The molecule has 0 aromatic carbocycles. The van der Waals surface area contributed by atoms with E-state index in [9.17, 15) is 0 Å². The van der Waals surface area contributed by atoms with Gasteiger partial charge in [0, 0.05) is 6.04 Å². The highest BCUT2D eigenvalue weighted by Gasteiger charge is 2.37. The average Bonchev–Trinajstić information content (AvgIpc) is 2.63. The van der Waals surface area contributed by atoms with Gasteiger partial charge in [0.15, 0.2) is 0 Å². The molecule has 1 unspecified atom stereocenters. The van der Waals surface area contributed by atoms with Crippen molar-refractivity contribution in [3.8, 4) is 0 Å². The van der Waals surface area contributed by atoms with Crippen molar-refractivity contribution in [1.82, 2.24) is 5.32 Å². The lowest BCUT2D eigenvalue weighted by atomic mass is 9.75. The Kier molecular flexibility index (Phi) is 3.98. The van der Waals surface area contributed by atoms with Gasteiger partial charge >= 0.3 is 0 Å². The van der Waals surface area contributed by atoms with Gasteiger partial charge < -0.3 is 5.32 Å². The summed E-state index contributed by atoms with van der Waals surface area (Å²) in [4.78, 5) is 0. The third kappa shape index (κ3) is 2.14. The predicted molar refractivity (Wildman–Crippen MR) is 58.9 cm³/mol. The van der Waals surface area contributed by atoms with Gasteiger partial charge in [-0.25, -0.2) is 0 Å². The molecule has 1 aliphatic rings. The summed E-state index contributed by atoms with van der Waals surface area (Å²) < 4.78 is 0. The second-order valence-electron chi connectivity index (χ2n) is 4.29. The van der Waals surface area contributed by atoms with Crippen molar-refractivity contribution < 1.29 is 0 Å². The Morgan fingerprint density at radius 3 is 2.46 bits per heavy atom. The van der Waals surface area contributed by atoms with Crippen LogP contribution in [0.3, 0.4) is 0 Å². The maximum atomic E-state index is 3.85. The second kappa shape index (κ2) is 4.80. The molecule has 0 bridgehead atoms. The maximum Gasteiger partial charge on any atom is 0.0155 e. The third-order valence-corrected chi connectivity index (χ3v) is 3.79. The molecule has 0 saturated heterocycles. The first-order chi connectivity index (χ1) is 6.29. The Morgan fingerprint density at radius 1 is 1.46 bits per heavy atom. The van der Waals surface area contributed by atoms with Crippen LogP contribution < -0.4 is 5.32 Å². The summed E-state index contributed by atoms with van der Waals surface area (Å²) in [6.07, 6.45) is 10.1. The minimum Gasteiger partial charge on any atom is -0.316 e. The second-order valence-corrected chi connectivity index (χ2v) is 4.29. The molecule has 1 nitrogen and oxygen atoms in total. The molecule has 0 aromatic heterocycles. The van der Waals surface area contributed by atoms with Gasteiger partial charge in [-0.1, -0.05) is 25.8 Å². The highest BCUT2D eigenvalue weighted by molar-refractivity contribution is 4.96. The van der Waals surface area contributed by atoms with Gasteiger partial charge in [0.2, 0.25) is 0 Å². The lowest BCUT2D eigenvalue weighted by Gasteiger charge is -2.36. The van der Waals surface area contributed by atoms with Crippen molar-refractivity contribution in [2.45, 2.75) is 51.5 Å². The van der Waals surface area contributed by atoms with E-state index in [2.05, 4.69) is 31.9 Å². The summed E-state index contributed by atoms with van der Waals surface area (Å²) in [7, 11) is 2.09. The first-order valence-corrected chi connectivity index (χ1v) is 5.57. The topological polar surface area (TPSA) is 12.0 Å². The molecule has 0 aliphatic heterocycles. The van der Waals surface area contributed by atoms with E-state index >= 15 is 0 Å². The zero-order chi connectivity index (χ0) is 9.73. The predicted octanol–water partition coefficient (Wildman–Crippen LogP) is 3.12. The Labute approximate surface area is 82.6 Å². The summed E-state index contributed by atoms with van der Waals surface area (Å²) in [5, 5.41) is 3.47. The standard InChI is InChI=1S/C12H23N/c1-4-8-11(13-3)12(5-2)9-6-7-10-12/h4,11,13H,1,5-10H2,2-3H3. The van der Waals surface area contributed by atoms with E-state index in [0.717, 1.165) is 6.42 Å². The number of rotatable bonds is 5. The lowest BCUT2D eigenvalue weighted by Crippen LogP contribution is -2.41.